The third-order valence-electron chi connectivity index (χ3n) is 5.49. The normalized spacial score (nSPS) is 13.3. The highest BCUT2D eigenvalue weighted by Gasteiger charge is 2.29. The molecule has 0 aliphatic rings. The lowest BCUT2D eigenvalue weighted by Gasteiger charge is -2.25. The molecule has 11 nitrogen and oxygen atoms in total. The minimum absolute atomic E-state index is 0.00440. The van der Waals surface area contributed by atoms with Crippen LogP contribution in [0.3, 0.4) is 0 Å². The zero-order valence-electron chi connectivity index (χ0n) is 20.8. The molecule has 0 spiro atoms. The Morgan fingerprint density at radius 3 is 1.73 bits per heavy atom. The minimum Gasteiger partial charge on any atom is -0.508 e. The fraction of sp³-hybridized carbons (Fsp3) is 0.385. The second kappa shape index (κ2) is 13.8. The fourth-order valence-electron chi connectivity index (χ4n) is 3.60. The van der Waals surface area contributed by atoms with Crippen molar-refractivity contribution in [2.24, 2.45) is 11.7 Å². The zero-order chi connectivity index (χ0) is 27.5. The summed E-state index contributed by atoms with van der Waals surface area (Å²) in [5.41, 5.74) is 7.43. The van der Waals surface area contributed by atoms with Crippen LogP contribution in [0.4, 0.5) is 0 Å². The Hall–Kier alpha value is -4.12. The standard InChI is InChI=1S/C26H34N4O7/c1-15(2)11-21(25(36)28-14-23(33)34)30-26(37)22(13-17-5-9-19(32)10-6-17)29-24(35)20(27)12-16-3-7-18(31)8-4-16/h3-10,15,20-22,31-32H,11-14,27H2,1-2H3,(H,28,36)(H,29,35)(H,30,37)(H,33,34). The number of phenolic OH excluding ortho intramolecular Hbond substituents is 2. The van der Waals surface area contributed by atoms with E-state index < -0.39 is 48.4 Å². The van der Waals surface area contributed by atoms with Gasteiger partial charge in [0, 0.05) is 6.42 Å². The minimum atomic E-state index is -1.22. The van der Waals surface area contributed by atoms with Gasteiger partial charge in [-0.3, -0.25) is 19.2 Å². The Balaban J connectivity index is 2.19. The van der Waals surface area contributed by atoms with Crippen molar-refractivity contribution in [3.63, 3.8) is 0 Å². The van der Waals surface area contributed by atoms with Crippen molar-refractivity contribution in [2.75, 3.05) is 6.54 Å². The average molecular weight is 515 g/mol. The first-order chi connectivity index (χ1) is 17.4. The molecule has 0 aliphatic carbocycles. The molecule has 2 aromatic rings. The van der Waals surface area contributed by atoms with Gasteiger partial charge in [0.15, 0.2) is 0 Å². The van der Waals surface area contributed by atoms with E-state index >= 15 is 0 Å². The Morgan fingerprint density at radius 2 is 1.24 bits per heavy atom. The molecule has 8 N–H and O–H groups in total. The van der Waals surface area contributed by atoms with Gasteiger partial charge < -0.3 is 37.0 Å². The van der Waals surface area contributed by atoms with E-state index in [1.165, 1.54) is 24.3 Å². The number of amides is 3. The molecule has 11 heteroatoms. The van der Waals surface area contributed by atoms with Gasteiger partial charge in [0.05, 0.1) is 6.04 Å². The lowest BCUT2D eigenvalue weighted by Crippen LogP contribution is -2.57. The van der Waals surface area contributed by atoms with Crippen LogP contribution >= 0.6 is 0 Å². The number of carbonyl (C=O) groups excluding carboxylic acids is 3. The van der Waals surface area contributed by atoms with E-state index in [9.17, 15) is 29.4 Å². The second-order valence-corrected chi connectivity index (χ2v) is 9.21. The van der Waals surface area contributed by atoms with Crippen molar-refractivity contribution >= 4 is 23.7 Å². The van der Waals surface area contributed by atoms with E-state index in [1.807, 2.05) is 13.8 Å². The van der Waals surface area contributed by atoms with Gasteiger partial charge in [-0.05, 0) is 54.2 Å². The molecule has 0 saturated heterocycles. The van der Waals surface area contributed by atoms with Crippen LogP contribution in [-0.2, 0) is 32.0 Å². The predicted octanol–water partition coefficient (Wildman–Crippen LogP) is 0.427. The maximum atomic E-state index is 13.3. The number of carbonyl (C=O) groups is 4. The molecule has 0 saturated carbocycles. The average Bonchev–Trinajstić information content (AvgIpc) is 2.83. The fourth-order valence-corrected chi connectivity index (χ4v) is 3.60. The van der Waals surface area contributed by atoms with Crippen LogP contribution in [0, 0.1) is 5.92 Å². The summed E-state index contributed by atoms with van der Waals surface area (Å²) in [5.74, 6) is -2.99. The lowest BCUT2D eigenvalue weighted by atomic mass is 10.00. The van der Waals surface area contributed by atoms with E-state index in [2.05, 4.69) is 16.0 Å². The van der Waals surface area contributed by atoms with Gasteiger partial charge in [-0.2, -0.15) is 0 Å². The molecule has 2 aromatic carbocycles. The van der Waals surface area contributed by atoms with Gasteiger partial charge in [0.2, 0.25) is 17.7 Å². The van der Waals surface area contributed by atoms with E-state index in [0.29, 0.717) is 11.1 Å². The van der Waals surface area contributed by atoms with Gasteiger partial charge >= 0.3 is 5.97 Å². The number of benzene rings is 2. The van der Waals surface area contributed by atoms with E-state index in [-0.39, 0.29) is 36.7 Å². The molecule has 200 valence electrons. The number of rotatable bonds is 13. The molecule has 3 amide bonds. The second-order valence-electron chi connectivity index (χ2n) is 9.21. The molecule has 0 radical (unpaired) electrons. The Kier molecular flexibility index (Phi) is 10.9. The molecule has 2 rings (SSSR count). The van der Waals surface area contributed by atoms with E-state index in [1.54, 1.807) is 24.3 Å². The van der Waals surface area contributed by atoms with Gasteiger partial charge in [-0.15, -0.1) is 0 Å². The first kappa shape index (κ1) is 29.1. The molecule has 3 atom stereocenters. The van der Waals surface area contributed by atoms with Gasteiger partial charge in [0.25, 0.3) is 0 Å². The summed E-state index contributed by atoms with van der Waals surface area (Å²) in [7, 11) is 0. The molecule has 37 heavy (non-hydrogen) atoms. The SMILES string of the molecule is CC(C)CC(NC(=O)C(Cc1ccc(O)cc1)NC(=O)C(N)Cc1ccc(O)cc1)C(=O)NCC(=O)O. The van der Waals surface area contributed by atoms with Gasteiger partial charge in [-0.25, -0.2) is 0 Å². The summed E-state index contributed by atoms with van der Waals surface area (Å²) >= 11 is 0. The Labute approximate surface area is 215 Å². The van der Waals surface area contributed by atoms with Crippen molar-refractivity contribution in [3.8, 4) is 11.5 Å². The lowest BCUT2D eigenvalue weighted by molar-refractivity contribution is -0.138. The Morgan fingerprint density at radius 1 is 0.757 bits per heavy atom. The first-order valence-corrected chi connectivity index (χ1v) is 11.9. The highest BCUT2D eigenvalue weighted by atomic mass is 16.4. The third-order valence-corrected chi connectivity index (χ3v) is 5.49. The van der Waals surface area contributed by atoms with Gasteiger partial charge in [-0.1, -0.05) is 38.1 Å². The van der Waals surface area contributed by atoms with Crippen molar-refractivity contribution < 1.29 is 34.5 Å². The summed E-state index contributed by atoms with van der Waals surface area (Å²) < 4.78 is 0. The highest BCUT2D eigenvalue weighted by Crippen LogP contribution is 2.14. The van der Waals surface area contributed by atoms with Crippen LogP contribution < -0.4 is 21.7 Å². The topological polar surface area (TPSA) is 191 Å². The van der Waals surface area contributed by atoms with Crippen LogP contribution in [0.1, 0.15) is 31.4 Å². The van der Waals surface area contributed by atoms with Crippen molar-refractivity contribution in [3.05, 3.63) is 59.7 Å². The number of nitrogens with one attached hydrogen (secondary N) is 3. The smallest absolute Gasteiger partial charge is 0.322 e. The van der Waals surface area contributed by atoms with Crippen LogP contribution in [0.15, 0.2) is 48.5 Å². The number of carboxylic acid groups (broad SMARTS) is 1. The molecule has 0 aromatic heterocycles. The van der Waals surface area contributed by atoms with Crippen LogP contribution in [-0.4, -0.2) is 63.7 Å². The number of aliphatic carboxylic acids is 1. The van der Waals surface area contributed by atoms with E-state index in [0.717, 1.165) is 0 Å². The number of hydrogen-bond acceptors (Lipinski definition) is 7. The van der Waals surface area contributed by atoms with Crippen molar-refractivity contribution in [1.82, 2.24) is 16.0 Å². The summed E-state index contributed by atoms with van der Waals surface area (Å²) in [6.45, 7) is 3.10. The quantitative estimate of drug-likeness (QED) is 0.200. The molecule has 0 aliphatic heterocycles. The number of nitrogens with two attached hydrogens (primary N) is 1. The number of aromatic hydroxyl groups is 2. The zero-order valence-corrected chi connectivity index (χ0v) is 20.8. The summed E-state index contributed by atoms with van der Waals surface area (Å²) in [4.78, 5) is 49.6. The molecule has 0 fully saturated rings. The van der Waals surface area contributed by atoms with Crippen molar-refractivity contribution in [2.45, 2.75) is 51.2 Å². The first-order valence-electron chi connectivity index (χ1n) is 11.9. The maximum absolute atomic E-state index is 13.3. The monoisotopic (exact) mass is 514 g/mol. The summed E-state index contributed by atoms with van der Waals surface area (Å²) in [6.07, 6.45) is 0.458. The molecule has 3 unspecified atom stereocenters. The molecular weight excluding hydrogens is 480 g/mol. The largest absolute Gasteiger partial charge is 0.508 e. The van der Waals surface area contributed by atoms with Crippen LogP contribution in [0.2, 0.25) is 0 Å². The Bertz CT molecular complexity index is 1070. The highest BCUT2D eigenvalue weighted by molar-refractivity contribution is 5.93. The maximum Gasteiger partial charge on any atom is 0.322 e. The molecule has 0 heterocycles. The summed E-state index contributed by atoms with van der Waals surface area (Å²) in [5, 5.41) is 35.4. The van der Waals surface area contributed by atoms with Crippen LogP contribution in [0.25, 0.3) is 0 Å². The van der Waals surface area contributed by atoms with E-state index in [4.69, 9.17) is 10.8 Å². The van der Waals surface area contributed by atoms with Crippen LogP contribution in [0.5, 0.6) is 11.5 Å². The molecule has 0 bridgehead atoms. The third kappa shape index (κ3) is 10.2. The number of phenols is 2. The molecular formula is C26H34N4O7. The number of hydrogen-bond donors (Lipinski definition) is 7. The summed E-state index contributed by atoms with van der Waals surface area (Å²) in [6, 6.07) is 9.20. The number of carboxylic acids is 1. The predicted molar refractivity (Wildman–Crippen MR) is 136 cm³/mol. The van der Waals surface area contributed by atoms with Gasteiger partial charge in [0.1, 0.15) is 30.1 Å². The van der Waals surface area contributed by atoms with Crippen molar-refractivity contribution in [1.29, 1.82) is 0 Å².